The Labute approximate surface area is 449 Å². The molecule has 0 unspecified atom stereocenters. The summed E-state index contributed by atoms with van der Waals surface area (Å²) in [6.45, 7) is 17.2. The minimum atomic E-state index is -1.86. The van der Waals surface area contributed by atoms with E-state index in [2.05, 4.69) is 20.1 Å². The number of methoxy groups -OCH3 is 2. The zero-order valence-corrected chi connectivity index (χ0v) is 47.2. The summed E-state index contributed by atoms with van der Waals surface area (Å²) in [6, 6.07) is 5.44. The molecule has 3 aliphatic heterocycles. The lowest BCUT2D eigenvalue weighted by Gasteiger charge is -2.49. The van der Waals surface area contributed by atoms with E-state index in [0.717, 1.165) is 16.7 Å². The van der Waals surface area contributed by atoms with E-state index in [4.69, 9.17) is 39.0 Å². The third-order valence-electron chi connectivity index (χ3n) is 16.3. The molecule has 0 saturated carbocycles. The van der Waals surface area contributed by atoms with Crippen LogP contribution in [0, 0.1) is 17.8 Å². The molecule has 0 bridgehead atoms. The second-order valence-electron chi connectivity index (χ2n) is 22.5. The van der Waals surface area contributed by atoms with Crippen LogP contribution in [0.5, 0.6) is 0 Å². The number of aliphatic imine (C=N–C) groups is 1. The second kappa shape index (κ2) is 27.5. The number of nitrogens with two attached hydrogens (primary N) is 1. The molecule has 1 aromatic heterocycles. The molecule has 0 spiro atoms. The van der Waals surface area contributed by atoms with Crippen molar-refractivity contribution in [1.29, 1.82) is 0 Å². The Morgan fingerprint density at radius 1 is 0.987 bits per heavy atom. The first kappa shape index (κ1) is 63.2. The van der Waals surface area contributed by atoms with Crippen molar-refractivity contribution in [3.8, 4) is 11.1 Å². The summed E-state index contributed by atoms with van der Waals surface area (Å²) in [4.78, 5) is 31.1. The number of hydrogen-bond acceptors (Lipinski definition) is 20. The Hall–Kier alpha value is -3.68. The van der Waals surface area contributed by atoms with E-state index in [1.807, 2.05) is 62.0 Å². The number of aliphatic hydroxyl groups is 5. The minimum absolute atomic E-state index is 0.0743. The van der Waals surface area contributed by atoms with Gasteiger partial charge in [-0.3, -0.25) is 9.79 Å². The van der Waals surface area contributed by atoms with Crippen LogP contribution in [0.4, 0.5) is 4.39 Å². The van der Waals surface area contributed by atoms with Gasteiger partial charge in [-0.15, -0.1) is 0 Å². The number of alkyl halides is 1. The lowest BCUT2D eigenvalue weighted by atomic mass is 9.77. The number of esters is 1. The molecule has 7 N–H and O–H groups in total. The first-order valence-corrected chi connectivity index (χ1v) is 26.8. The van der Waals surface area contributed by atoms with Crippen molar-refractivity contribution in [2.24, 2.45) is 33.7 Å². The van der Waals surface area contributed by atoms with Gasteiger partial charge in [0.1, 0.15) is 55.2 Å². The zero-order chi connectivity index (χ0) is 56.4. The normalized spacial score (nSPS) is 38.8. The first-order valence-electron chi connectivity index (χ1n) is 26.8. The van der Waals surface area contributed by atoms with Gasteiger partial charge in [-0.2, -0.15) is 5.10 Å². The summed E-state index contributed by atoms with van der Waals surface area (Å²) in [5.74, 6) is 2.95. The van der Waals surface area contributed by atoms with Crippen molar-refractivity contribution in [3.63, 3.8) is 0 Å². The van der Waals surface area contributed by atoms with Crippen LogP contribution in [0.1, 0.15) is 113 Å². The van der Waals surface area contributed by atoms with Crippen molar-refractivity contribution in [3.05, 3.63) is 48.5 Å². The molecular formula is C55H90FN7O13. The minimum Gasteiger partial charge on any atom is -0.459 e. The summed E-state index contributed by atoms with van der Waals surface area (Å²) in [5, 5.41) is 63.8. The lowest BCUT2D eigenvalue weighted by Crippen LogP contribution is -2.61. The number of hydrogen-bond donors (Lipinski definition) is 6. The Morgan fingerprint density at radius 3 is 2.24 bits per heavy atom. The van der Waals surface area contributed by atoms with Gasteiger partial charge >= 0.3 is 5.97 Å². The van der Waals surface area contributed by atoms with Gasteiger partial charge in [-0.05, 0) is 98.9 Å². The highest BCUT2D eigenvalue weighted by Crippen LogP contribution is 2.40. The number of ether oxygens (including phenoxy) is 7. The molecule has 20 nitrogen and oxygen atoms in total. The maximum Gasteiger partial charge on any atom is 0.311 e. The van der Waals surface area contributed by atoms with Gasteiger partial charge < -0.3 is 74.3 Å². The summed E-state index contributed by atoms with van der Waals surface area (Å²) >= 11 is 0. The van der Waals surface area contributed by atoms with Gasteiger partial charge in [0.05, 0.1) is 47.2 Å². The van der Waals surface area contributed by atoms with E-state index in [-0.39, 0.29) is 31.6 Å². The fourth-order valence-corrected chi connectivity index (χ4v) is 11.5. The molecule has 2 aromatic rings. The molecule has 20 atom stereocenters. The summed E-state index contributed by atoms with van der Waals surface area (Å²) < 4.78 is 58.7. The van der Waals surface area contributed by atoms with Crippen molar-refractivity contribution >= 4 is 17.9 Å². The van der Waals surface area contributed by atoms with Crippen LogP contribution in [-0.4, -0.2) is 208 Å². The van der Waals surface area contributed by atoms with Crippen LogP contribution >= 0.6 is 0 Å². The van der Waals surface area contributed by atoms with Crippen LogP contribution in [0.15, 0.2) is 53.1 Å². The Kier molecular flexibility index (Phi) is 22.8. The predicted molar refractivity (Wildman–Crippen MR) is 285 cm³/mol. The molecule has 21 heteroatoms. The SMILES string of the molecule is CC[C@H]1OC(=O)[C@H](C)[C@@H](O[C@H]2C[C@@](C)(OC)[C@@H](O)[C@H](C)O2)[C@H](C)[C@@H](O[C@@H]2O[C@H](C)C[C@H](N(C)CCC(C=N[C@H](CF)[C@H](OC)c3ccc(-c4cncnc4)cc3)=NN)[C@H]2O)[C@](C)(O)C[C@@H](C)CN(C)[C@H](C)[C@@H](O)[C@]1(C)O. The smallest absolute Gasteiger partial charge is 0.311 e. The molecule has 0 amide bonds. The van der Waals surface area contributed by atoms with Gasteiger partial charge in [-0.1, -0.05) is 45.0 Å². The molecule has 5 rings (SSSR count). The maximum absolute atomic E-state index is 14.7. The number of hydrazone groups is 1. The number of benzene rings is 1. The number of aromatic nitrogens is 2. The van der Waals surface area contributed by atoms with Crippen LogP contribution in [0.25, 0.3) is 11.1 Å². The van der Waals surface area contributed by atoms with E-state index in [1.54, 1.807) is 60.9 Å². The fourth-order valence-electron chi connectivity index (χ4n) is 11.5. The van der Waals surface area contributed by atoms with Gasteiger partial charge in [-0.25, -0.2) is 14.4 Å². The third-order valence-corrected chi connectivity index (χ3v) is 16.3. The van der Waals surface area contributed by atoms with Crippen molar-refractivity contribution in [2.75, 3.05) is 48.1 Å². The number of carbonyl (C=O) groups is 1. The van der Waals surface area contributed by atoms with E-state index in [1.165, 1.54) is 33.7 Å². The molecule has 3 aliphatic rings. The monoisotopic (exact) mass is 1080 g/mol. The molecule has 76 heavy (non-hydrogen) atoms. The maximum atomic E-state index is 14.7. The highest BCUT2D eigenvalue weighted by atomic mass is 19.1. The van der Waals surface area contributed by atoms with Gasteiger partial charge in [0.15, 0.2) is 12.6 Å². The molecule has 430 valence electrons. The molecule has 0 radical (unpaired) electrons. The molecule has 0 aliphatic carbocycles. The van der Waals surface area contributed by atoms with E-state index < -0.39 is 127 Å². The number of carbonyl (C=O) groups excluding carboxylic acids is 1. The van der Waals surface area contributed by atoms with Gasteiger partial charge in [0.25, 0.3) is 0 Å². The average molecular weight is 1080 g/mol. The van der Waals surface area contributed by atoms with Crippen molar-refractivity contribution in [2.45, 2.75) is 204 Å². The summed E-state index contributed by atoms with van der Waals surface area (Å²) in [7, 11) is 6.65. The summed E-state index contributed by atoms with van der Waals surface area (Å²) in [5.41, 5.74) is -1.79. The zero-order valence-electron chi connectivity index (χ0n) is 47.2. The van der Waals surface area contributed by atoms with Crippen LogP contribution in [0.3, 0.4) is 0 Å². The van der Waals surface area contributed by atoms with Crippen LogP contribution < -0.4 is 5.84 Å². The quantitative estimate of drug-likeness (QED) is 0.0560. The Bertz CT molecular complexity index is 2170. The number of likely N-dealkylation sites (N-methyl/N-ethyl adjacent to an activating group) is 2. The second-order valence-corrected chi connectivity index (χ2v) is 22.5. The third kappa shape index (κ3) is 15.2. The largest absolute Gasteiger partial charge is 0.459 e. The number of nitrogens with zero attached hydrogens (tertiary/aromatic N) is 6. The Balaban J connectivity index is 1.42. The highest BCUT2D eigenvalue weighted by Gasteiger charge is 2.53. The number of aliphatic hydroxyl groups excluding tert-OH is 3. The van der Waals surface area contributed by atoms with Crippen LogP contribution in [0.2, 0.25) is 0 Å². The lowest BCUT2D eigenvalue weighted by molar-refractivity contribution is -0.318. The van der Waals surface area contributed by atoms with E-state index in [0.29, 0.717) is 25.2 Å². The van der Waals surface area contributed by atoms with Gasteiger partial charge in [0.2, 0.25) is 0 Å². The number of rotatable bonds is 17. The van der Waals surface area contributed by atoms with Crippen molar-refractivity contribution < 1.29 is 67.9 Å². The first-order chi connectivity index (χ1) is 35.8. The average Bonchev–Trinajstić information content (AvgIpc) is 3.39. The fraction of sp³-hybridized carbons (Fsp3) is 0.764. The number of halogens is 1. The number of cyclic esters (lactones) is 1. The van der Waals surface area contributed by atoms with Gasteiger partial charge in [0, 0.05) is 82.3 Å². The van der Waals surface area contributed by atoms with Crippen LogP contribution in [-0.2, 0) is 38.0 Å². The van der Waals surface area contributed by atoms with E-state index >= 15 is 0 Å². The molecule has 3 fully saturated rings. The molecule has 4 heterocycles. The van der Waals surface area contributed by atoms with Crippen molar-refractivity contribution in [1.82, 2.24) is 19.8 Å². The molecule has 3 saturated heterocycles. The predicted octanol–water partition coefficient (Wildman–Crippen LogP) is 4.23. The van der Waals surface area contributed by atoms with E-state index in [9.17, 15) is 34.7 Å². The molecular weight excluding hydrogens is 986 g/mol. The highest BCUT2D eigenvalue weighted by molar-refractivity contribution is 6.30. The topological polar surface area (TPSA) is 266 Å². The molecule has 1 aromatic carbocycles. The Morgan fingerprint density at radius 2 is 1.64 bits per heavy atom. The summed E-state index contributed by atoms with van der Waals surface area (Å²) in [6.07, 6.45) is -3.80. The standard InChI is InChI=1S/C55H90FN7O13/c1-15-43-55(10,69)48(65)35(6)63(12)29-31(2)23-53(8,68)50(33(4)46(34(5)51(67)74-43)75-44-24-54(9,71-14)49(66)36(7)73-44)76-52-45(64)42(22-32(3)72-52)62(11)21-20-40(61-57)28-60-41(25-56)47(70-13)38-18-16-37(17-19-38)39-26-58-30-59-27-39/h16-19,26-28,30-36,41-50,52,64-66,68-69H,15,20-25,29,57H2,1-14H3/t31-,32-,33+,34-,35-,36+,41-,42+,43-,44+,45-,46+,47-,48-,49+,50-,52+,53-,54-,55-/m1/s1.